The number of ether oxygens (including phenoxy) is 1. The zero-order valence-corrected chi connectivity index (χ0v) is 11.4. The van der Waals surface area contributed by atoms with Crippen molar-refractivity contribution in [2.75, 3.05) is 19.8 Å². The van der Waals surface area contributed by atoms with Gasteiger partial charge in [0.2, 0.25) is 0 Å². The normalized spacial score (nSPS) is 21.6. The second-order valence-corrected chi connectivity index (χ2v) is 5.76. The fourth-order valence-corrected chi connectivity index (χ4v) is 2.83. The summed E-state index contributed by atoms with van der Waals surface area (Å²) in [6, 6.07) is 6.26. The Kier molecular flexibility index (Phi) is 4.04. The Bertz CT molecular complexity index is 429. The van der Waals surface area contributed by atoms with Gasteiger partial charge in [-0.1, -0.05) is 12.1 Å². The van der Waals surface area contributed by atoms with Gasteiger partial charge in [-0.15, -0.1) is 0 Å². The molecule has 2 N–H and O–H groups in total. The Morgan fingerprint density at radius 1 is 1.26 bits per heavy atom. The van der Waals surface area contributed by atoms with E-state index in [1.54, 1.807) is 6.07 Å². The van der Waals surface area contributed by atoms with Crippen LogP contribution in [0.5, 0.6) is 5.75 Å². The van der Waals surface area contributed by atoms with Crippen LogP contribution in [0.2, 0.25) is 0 Å². The lowest BCUT2D eigenvalue weighted by molar-refractivity contribution is 0.121. The summed E-state index contributed by atoms with van der Waals surface area (Å²) >= 11 is 0. The van der Waals surface area contributed by atoms with Gasteiger partial charge in [0.15, 0.2) is 0 Å². The van der Waals surface area contributed by atoms with Gasteiger partial charge in [0, 0.05) is 19.3 Å². The van der Waals surface area contributed by atoms with E-state index in [1.807, 2.05) is 6.07 Å². The summed E-state index contributed by atoms with van der Waals surface area (Å²) < 4.78 is 5.63. The average molecular weight is 261 g/mol. The van der Waals surface area contributed by atoms with Gasteiger partial charge in [-0.2, -0.15) is 0 Å². The largest absolute Gasteiger partial charge is 0.508 e. The number of aromatic hydroxyl groups is 1. The Hall–Kier alpha value is -1.06. The minimum absolute atomic E-state index is 0.408. The molecule has 1 fully saturated rings. The summed E-state index contributed by atoms with van der Waals surface area (Å²) in [6.07, 6.45) is 5.87. The minimum Gasteiger partial charge on any atom is -0.508 e. The lowest BCUT2D eigenvalue weighted by Crippen LogP contribution is -2.21. The van der Waals surface area contributed by atoms with Crippen molar-refractivity contribution in [3.63, 3.8) is 0 Å². The van der Waals surface area contributed by atoms with E-state index in [-0.39, 0.29) is 0 Å². The van der Waals surface area contributed by atoms with Crippen molar-refractivity contribution in [2.45, 2.75) is 38.1 Å². The number of fused-ring (bicyclic) bond motifs is 1. The summed E-state index contributed by atoms with van der Waals surface area (Å²) in [5.41, 5.74) is 2.41. The molecule has 0 aromatic heterocycles. The summed E-state index contributed by atoms with van der Waals surface area (Å²) in [5, 5.41) is 13.4. The van der Waals surface area contributed by atoms with E-state index in [2.05, 4.69) is 11.4 Å². The zero-order valence-electron chi connectivity index (χ0n) is 11.4. The molecule has 0 amide bonds. The summed E-state index contributed by atoms with van der Waals surface area (Å²) in [6.45, 7) is 2.81. The van der Waals surface area contributed by atoms with Crippen LogP contribution < -0.4 is 5.32 Å². The van der Waals surface area contributed by atoms with Crippen LogP contribution >= 0.6 is 0 Å². The quantitative estimate of drug-likeness (QED) is 0.742. The third kappa shape index (κ3) is 3.28. The molecular formula is C16H23NO2. The molecule has 2 aliphatic rings. The first-order chi connectivity index (χ1) is 9.34. The van der Waals surface area contributed by atoms with E-state index in [4.69, 9.17) is 4.74 Å². The van der Waals surface area contributed by atoms with Crippen molar-refractivity contribution in [3.8, 4) is 5.75 Å². The first-order valence-electron chi connectivity index (χ1n) is 7.46. The number of hydrogen-bond acceptors (Lipinski definition) is 3. The monoisotopic (exact) mass is 261 g/mol. The summed E-state index contributed by atoms with van der Waals surface area (Å²) in [5.74, 6) is 1.31. The lowest BCUT2D eigenvalue weighted by Gasteiger charge is -2.14. The molecule has 1 unspecified atom stereocenters. The van der Waals surface area contributed by atoms with Gasteiger partial charge in [0.1, 0.15) is 5.75 Å². The highest BCUT2D eigenvalue weighted by atomic mass is 16.5. The van der Waals surface area contributed by atoms with Crippen LogP contribution in [0.4, 0.5) is 0 Å². The van der Waals surface area contributed by atoms with Crippen LogP contribution in [0, 0.1) is 5.92 Å². The van der Waals surface area contributed by atoms with Crippen LogP contribution in [-0.4, -0.2) is 24.9 Å². The maximum atomic E-state index is 9.80. The Morgan fingerprint density at radius 2 is 2.16 bits per heavy atom. The van der Waals surface area contributed by atoms with Crippen molar-refractivity contribution < 1.29 is 9.84 Å². The van der Waals surface area contributed by atoms with E-state index in [0.29, 0.717) is 11.8 Å². The van der Waals surface area contributed by atoms with Crippen molar-refractivity contribution in [1.29, 1.82) is 0 Å². The maximum absolute atomic E-state index is 9.80. The number of nitrogens with one attached hydrogen (secondary N) is 1. The standard InChI is InChI=1S/C16H23NO2/c18-16-4-1-3-13-14(16)7-8-15(13)17-9-2-10-19-11-12-5-6-12/h1,3-4,12,15,17-18H,2,5-11H2. The highest BCUT2D eigenvalue weighted by molar-refractivity contribution is 5.44. The summed E-state index contributed by atoms with van der Waals surface area (Å²) in [7, 11) is 0. The van der Waals surface area contributed by atoms with E-state index in [1.165, 1.54) is 18.4 Å². The first kappa shape index (κ1) is 12.9. The SMILES string of the molecule is Oc1cccc2c1CCC2NCCCOCC1CC1. The average Bonchev–Trinajstić information content (AvgIpc) is 3.14. The van der Waals surface area contributed by atoms with Crippen LogP contribution in [0.1, 0.15) is 42.9 Å². The first-order valence-corrected chi connectivity index (χ1v) is 7.46. The van der Waals surface area contributed by atoms with Crippen LogP contribution in [0.25, 0.3) is 0 Å². The molecule has 1 aromatic carbocycles. The van der Waals surface area contributed by atoms with Crippen molar-refractivity contribution in [2.24, 2.45) is 5.92 Å². The number of benzene rings is 1. The van der Waals surface area contributed by atoms with Crippen molar-refractivity contribution >= 4 is 0 Å². The fraction of sp³-hybridized carbons (Fsp3) is 0.625. The van der Waals surface area contributed by atoms with Gasteiger partial charge in [0.25, 0.3) is 0 Å². The van der Waals surface area contributed by atoms with E-state index in [9.17, 15) is 5.11 Å². The maximum Gasteiger partial charge on any atom is 0.119 e. The molecule has 3 heteroatoms. The van der Waals surface area contributed by atoms with Crippen LogP contribution in [0.3, 0.4) is 0 Å². The molecule has 0 aliphatic heterocycles. The van der Waals surface area contributed by atoms with Crippen molar-refractivity contribution in [1.82, 2.24) is 5.32 Å². The predicted molar refractivity (Wildman–Crippen MR) is 75.3 cm³/mol. The van der Waals surface area contributed by atoms with Crippen LogP contribution in [-0.2, 0) is 11.2 Å². The highest BCUT2D eigenvalue weighted by Crippen LogP contribution is 2.36. The number of phenolic OH excluding ortho intramolecular Hbond substituents is 1. The number of phenols is 1. The lowest BCUT2D eigenvalue weighted by atomic mass is 10.1. The Labute approximate surface area is 115 Å². The third-order valence-corrected chi connectivity index (χ3v) is 4.15. The minimum atomic E-state index is 0.408. The molecule has 1 atom stereocenters. The molecule has 0 saturated heterocycles. The van der Waals surface area contributed by atoms with E-state index >= 15 is 0 Å². The third-order valence-electron chi connectivity index (χ3n) is 4.15. The number of hydrogen-bond donors (Lipinski definition) is 2. The molecule has 0 spiro atoms. The molecule has 19 heavy (non-hydrogen) atoms. The molecular weight excluding hydrogens is 238 g/mol. The molecule has 2 aliphatic carbocycles. The summed E-state index contributed by atoms with van der Waals surface area (Å²) in [4.78, 5) is 0. The topological polar surface area (TPSA) is 41.5 Å². The second-order valence-electron chi connectivity index (χ2n) is 5.76. The fourth-order valence-electron chi connectivity index (χ4n) is 2.83. The highest BCUT2D eigenvalue weighted by Gasteiger charge is 2.24. The molecule has 0 radical (unpaired) electrons. The molecule has 1 aromatic rings. The molecule has 0 heterocycles. The number of rotatable bonds is 7. The van der Waals surface area contributed by atoms with Crippen molar-refractivity contribution in [3.05, 3.63) is 29.3 Å². The van der Waals surface area contributed by atoms with Gasteiger partial charge >= 0.3 is 0 Å². The van der Waals surface area contributed by atoms with Gasteiger partial charge < -0.3 is 15.2 Å². The van der Waals surface area contributed by atoms with Gasteiger partial charge in [-0.25, -0.2) is 0 Å². The predicted octanol–water partition coefficient (Wildman–Crippen LogP) is 2.79. The molecule has 3 nitrogen and oxygen atoms in total. The Balaban J connectivity index is 1.38. The van der Waals surface area contributed by atoms with Crippen LogP contribution in [0.15, 0.2) is 18.2 Å². The Morgan fingerprint density at radius 3 is 3.00 bits per heavy atom. The molecule has 3 rings (SSSR count). The smallest absolute Gasteiger partial charge is 0.119 e. The molecule has 104 valence electrons. The zero-order chi connectivity index (χ0) is 13.1. The van der Waals surface area contributed by atoms with E-state index in [0.717, 1.165) is 50.5 Å². The van der Waals surface area contributed by atoms with Gasteiger partial charge in [-0.3, -0.25) is 0 Å². The van der Waals surface area contributed by atoms with Gasteiger partial charge in [-0.05, 0) is 61.8 Å². The van der Waals surface area contributed by atoms with Gasteiger partial charge in [0.05, 0.1) is 0 Å². The molecule has 0 bridgehead atoms. The second kappa shape index (κ2) is 5.93. The molecule has 1 saturated carbocycles. The van der Waals surface area contributed by atoms with E-state index < -0.39 is 0 Å².